The Morgan fingerprint density at radius 2 is 0.952 bits per heavy atom. The average molecular weight is 605 g/mol. The highest BCUT2D eigenvalue weighted by atomic mass is 16.6. The van der Waals surface area contributed by atoms with Crippen LogP contribution in [0.15, 0.2) is 0 Å². The van der Waals surface area contributed by atoms with Crippen LogP contribution in [0, 0.1) is 16.2 Å². The van der Waals surface area contributed by atoms with Gasteiger partial charge in [-0.05, 0) is 41.0 Å². The Bertz CT molecular complexity index is 1070. The molecule has 1 fully saturated rings. The SMILES string of the molecule is CCOC(=O)COC(=O)C1(C(=O)OCC)CC(CO)(C(=O)OCC)C(=O)C(C(=O)OCC)(C(=O)OCC(=O)OCC)C1. The van der Waals surface area contributed by atoms with Crippen LogP contribution in [-0.4, -0.2) is 106 Å². The van der Waals surface area contributed by atoms with E-state index in [0.29, 0.717) is 0 Å². The number of aliphatic hydroxyl groups excluding tert-OH is 1. The van der Waals surface area contributed by atoms with Crippen molar-refractivity contribution in [2.75, 3.05) is 52.9 Å². The molecule has 0 aromatic heterocycles. The van der Waals surface area contributed by atoms with Crippen LogP contribution in [-0.2, 0) is 71.5 Å². The lowest BCUT2D eigenvalue weighted by Gasteiger charge is -2.47. The van der Waals surface area contributed by atoms with E-state index in [1.54, 1.807) is 0 Å². The quantitative estimate of drug-likeness (QED) is 0.137. The van der Waals surface area contributed by atoms with Crippen molar-refractivity contribution in [2.24, 2.45) is 16.2 Å². The van der Waals surface area contributed by atoms with Gasteiger partial charge in [-0.2, -0.15) is 0 Å². The van der Waals surface area contributed by atoms with Gasteiger partial charge in [-0.25, -0.2) is 9.59 Å². The number of carbonyl (C=O) groups is 8. The van der Waals surface area contributed by atoms with Gasteiger partial charge >= 0.3 is 41.8 Å². The van der Waals surface area contributed by atoms with Gasteiger partial charge in [0.2, 0.25) is 5.41 Å². The fraction of sp³-hybridized carbons (Fsp3) is 0.692. The molecule has 1 rings (SSSR count). The standard InChI is InChI=1S/C26H36O16/c1-6-36-16(28)11-41-20(32)24(19(31)38-8-3)13-25(15-27,21(33)39-9-4)18(30)26(14-24,22(34)40-10-5)23(35)42-12-17(29)37-7-2/h27H,6-15H2,1-5H3. The van der Waals surface area contributed by atoms with E-state index in [9.17, 15) is 43.5 Å². The zero-order valence-electron chi connectivity index (χ0n) is 24.1. The summed E-state index contributed by atoms with van der Waals surface area (Å²) in [5, 5.41) is 10.5. The fourth-order valence-electron chi connectivity index (χ4n) is 4.45. The first kappa shape index (κ1) is 35.9. The summed E-state index contributed by atoms with van der Waals surface area (Å²) in [4.78, 5) is 105. The van der Waals surface area contributed by atoms with Crippen LogP contribution in [0.3, 0.4) is 0 Å². The molecule has 3 atom stereocenters. The summed E-state index contributed by atoms with van der Waals surface area (Å²) in [7, 11) is 0. The maximum absolute atomic E-state index is 14.1. The molecule has 16 heteroatoms. The van der Waals surface area contributed by atoms with Crippen molar-refractivity contribution in [3.63, 3.8) is 0 Å². The smallest absolute Gasteiger partial charge is 0.344 e. The van der Waals surface area contributed by atoms with Crippen LogP contribution < -0.4 is 0 Å². The van der Waals surface area contributed by atoms with E-state index in [1.165, 1.54) is 34.6 Å². The zero-order chi connectivity index (χ0) is 32.1. The summed E-state index contributed by atoms with van der Waals surface area (Å²) >= 11 is 0. The van der Waals surface area contributed by atoms with Crippen LogP contribution in [0.2, 0.25) is 0 Å². The Kier molecular flexibility index (Phi) is 13.5. The summed E-state index contributed by atoms with van der Waals surface area (Å²) in [6, 6.07) is 0. The van der Waals surface area contributed by atoms with Crippen molar-refractivity contribution in [1.82, 2.24) is 0 Å². The molecule has 0 radical (unpaired) electrons. The maximum atomic E-state index is 14.1. The van der Waals surface area contributed by atoms with E-state index >= 15 is 0 Å². The van der Waals surface area contributed by atoms with Crippen LogP contribution >= 0.6 is 0 Å². The van der Waals surface area contributed by atoms with E-state index in [2.05, 4.69) is 4.74 Å². The third-order valence-electron chi connectivity index (χ3n) is 6.21. The molecule has 0 aromatic rings. The van der Waals surface area contributed by atoms with E-state index in [-0.39, 0.29) is 26.4 Å². The lowest BCUT2D eigenvalue weighted by Crippen LogP contribution is -2.68. The highest BCUT2D eigenvalue weighted by molar-refractivity contribution is 6.28. The molecule has 1 N–H and O–H groups in total. The van der Waals surface area contributed by atoms with Crippen LogP contribution in [0.25, 0.3) is 0 Å². The topological polar surface area (TPSA) is 221 Å². The molecule has 0 saturated heterocycles. The predicted molar refractivity (Wildman–Crippen MR) is 134 cm³/mol. The molecule has 0 aliphatic heterocycles. The molecule has 1 saturated carbocycles. The van der Waals surface area contributed by atoms with E-state index in [0.717, 1.165) is 0 Å². The molecule has 1 aliphatic carbocycles. The van der Waals surface area contributed by atoms with Gasteiger partial charge < -0.3 is 38.3 Å². The molecule has 236 valence electrons. The molecule has 42 heavy (non-hydrogen) atoms. The second-order valence-electron chi connectivity index (χ2n) is 8.83. The molecule has 0 heterocycles. The lowest BCUT2D eigenvalue weighted by atomic mass is 9.51. The highest BCUT2D eigenvalue weighted by Gasteiger charge is 2.76. The number of ketones is 1. The molecule has 3 unspecified atom stereocenters. The second kappa shape index (κ2) is 15.8. The molecule has 0 spiro atoms. The summed E-state index contributed by atoms with van der Waals surface area (Å²) < 4.78 is 34.2. The number of esters is 7. The monoisotopic (exact) mass is 604 g/mol. The van der Waals surface area contributed by atoms with E-state index < -0.39 is 103 Å². The van der Waals surface area contributed by atoms with Crippen LogP contribution in [0.1, 0.15) is 47.5 Å². The number of Topliss-reactive ketones (excluding diaryl/α,β-unsaturated/α-hetero) is 1. The van der Waals surface area contributed by atoms with Crippen LogP contribution in [0.4, 0.5) is 0 Å². The minimum Gasteiger partial charge on any atom is -0.465 e. The minimum atomic E-state index is -3.31. The molecular formula is C26H36O16. The van der Waals surface area contributed by atoms with Gasteiger partial charge in [0.15, 0.2) is 29.8 Å². The van der Waals surface area contributed by atoms with Crippen molar-refractivity contribution in [3.05, 3.63) is 0 Å². The average Bonchev–Trinajstić information content (AvgIpc) is 2.95. The first-order valence-electron chi connectivity index (χ1n) is 13.2. The van der Waals surface area contributed by atoms with Crippen LogP contribution in [0.5, 0.6) is 0 Å². The Morgan fingerprint density at radius 1 is 0.571 bits per heavy atom. The van der Waals surface area contributed by atoms with Crippen molar-refractivity contribution < 1.29 is 76.6 Å². The maximum Gasteiger partial charge on any atom is 0.344 e. The molecule has 16 nitrogen and oxygen atoms in total. The molecule has 0 bridgehead atoms. The lowest BCUT2D eigenvalue weighted by molar-refractivity contribution is -0.202. The van der Waals surface area contributed by atoms with Crippen molar-refractivity contribution in [1.29, 1.82) is 0 Å². The predicted octanol–water partition coefficient (Wildman–Crippen LogP) is -0.797. The van der Waals surface area contributed by atoms with E-state index in [4.69, 9.17) is 28.4 Å². The number of rotatable bonds is 15. The fourth-order valence-corrected chi connectivity index (χ4v) is 4.45. The summed E-state index contributed by atoms with van der Waals surface area (Å²) in [6.07, 6.45) is -2.57. The molecule has 1 aliphatic rings. The highest BCUT2D eigenvalue weighted by Crippen LogP contribution is 2.55. The number of carbonyl (C=O) groups excluding carboxylic acids is 8. The summed E-state index contributed by atoms with van der Waals surface area (Å²) in [6.45, 7) is 1.89. The van der Waals surface area contributed by atoms with Crippen molar-refractivity contribution in [2.45, 2.75) is 47.5 Å². The van der Waals surface area contributed by atoms with Gasteiger partial charge in [0.25, 0.3) is 0 Å². The Morgan fingerprint density at radius 3 is 1.40 bits per heavy atom. The molecular weight excluding hydrogens is 568 g/mol. The van der Waals surface area contributed by atoms with Gasteiger partial charge in [0.05, 0.1) is 39.6 Å². The molecule has 0 aromatic carbocycles. The Hall–Kier alpha value is -4.08. The van der Waals surface area contributed by atoms with E-state index in [1.807, 2.05) is 0 Å². The largest absolute Gasteiger partial charge is 0.465 e. The first-order chi connectivity index (χ1) is 19.8. The normalized spacial score (nSPS) is 23.1. The zero-order valence-corrected chi connectivity index (χ0v) is 24.1. The van der Waals surface area contributed by atoms with Crippen molar-refractivity contribution >= 4 is 47.6 Å². The third-order valence-corrected chi connectivity index (χ3v) is 6.21. The van der Waals surface area contributed by atoms with Crippen molar-refractivity contribution in [3.8, 4) is 0 Å². The van der Waals surface area contributed by atoms with Gasteiger partial charge in [-0.1, -0.05) is 0 Å². The summed E-state index contributed by atoms with van der Waals surface area (Å²) in [5.74, 6) is -11.8. The Labute approximate surface area is 241 Å². The van der Waals surface area contributed by atoms with Gasteiger partial charge in [0, 0.05) is 6.42 Å². The Balaban J connectivity index is 4.05. The number of aliphatic hydroxyl groups is 1. The summed E-state index contributed by atoms with van der Waals surface area (Å²) in [5.41, 5.74) is -9.12. The number of hydrogen-bond acceptors (Lipinski definition) is 16. The minimum absolute atomic E-state index is 0.0946. The van der Waals surface area contributed by atoms with Gasteiger partial charge in [-0.15, -0.1) is 0 Å². The number of hydrogen-bond donors (Lipinski definition) is 1. The van der Waals surface area contributed by atoms with Gasteiger partial charge in [0.1, 0.15) is 0 Å². The van der Waals surface area contributed by atoms with Gasteiger partial charge in [-0.3, -0.25) is 28.8 Å². The first-order valence-corrected chi connectivity index (χ1v) is 13.2. The number of ether oxygens (including phenoxy) is 7. The molecule has 0 amide bonds. The second-order valence-corrected chi connectivity index (χ2v) is 8.83. The third kappa shape index (κ3) is 7.21.